The Morgan fingerprint density at radius 3 is 2.76 bits per heavy atom. The first-order chi connectivity index (χ1) is 12.2. The third-order valence-electron chi connectivity index (χ3n) is 6.57. The molecule has 5 heteroatoms. The molecule has 5 rings (SSSR count). The lowest BCUT2D eigenvalue weighted by Crippen LogP contribution is -2.29. The van der Waals surface area contributed by atoms with Crippen LogP contribution in [0.3, 0.4) is 0 Å². The van der Waals surface area contributed by atoms with E-state index in [2.05, 4.69) is 20.9 Å². The fourth-order valence-electron chi connectivity index (χ4n) is 5.03. The molecule has 0 spiro atoms. The zero-order valence-electron chi connectivity index (χ0n) is 14.2. The van der Waals surface area contributed by atoms with Crippen molar-refractivity contribution in [2.75, 3.05) is 5.32 Å². The van der Waals surface area contributed by atoms with Gasteiger partial charge < -0.3 is 4.57 Å². The number of aromatic nitrogens is 2. The second-order valence-corrected chi connectivity index (χ2v) is 7.98. The van der Waals surface area contributed by atoms with Crippen molar-refractivity contribution in [2.45, 2.75) is 51.0 Å². The van der Waals surface area contributed by atoms with E-state index in [1.54, 1.807) is 6.07 Å². The summed E-state index contributed by atoms with van der Waals surface area (Å²) in [4.78, 5) is 17.6. The number of anilines is 1. The molecule has 1 heterocycles. The number of carbonyl (C=O) groups is 1. The predicted octanol–water partition coefficient (Wildman–Crippen LogP) is 4.01. The fourth-order valence-corrected chi connectivity index (χ4v) is 5.03. The van der Waals surface area contributed by atoms with Crippen molar-refractivity contribution < 1.29 is 4.79 Å². The van der Waals surface area contributed by atoms with Crippen molar-refractivity contribution in [1.29, 1.82) is 5.26 Å². The van der Waals surface area contributed by atoms with E-state index in [1.807, 2.05) is 12.1 Å². The van der Waals surface area contributed by atoms with Crippen LogP contribution < -0.4 is 5.32 Å². The predicted molar refractivity (Wildman–Crippen MR) is 94.9 cm³/mol. The van der Waals surface area contributed by atoms with E-state index in [-0.39, 0.29) is 11.8 Å². The lowest BCUT2D eigenvalue weighted by Gasteiger charge is -2.29. The lowest BCUT2D eigenvalue weighted by atomic mass is 9.88. The van der Waals surface area contributed by atoms with Crippen LogP contribution in [0.1, 0.15) is 56.6 Å². The van der Waals surface area contributed by atoms with Crippen LogP contribution in [0.15, 0.2) is 18.2 Å². The van der Waals surface area contributed by atoms with Gasteiger partial charge in [0.15, 0.2) is 0 Å². The minimum Gasteiger partial charge on any atom is -0.307 e. The van der Waals surface area contributed by atoms with Crippen LogP contribution in [-0.4, -0.2) is 15.5 Å². The van der Waals surface area contributed by atoms with E-state index < -0.39 is 0 Å². The summed E-state index contributed by atoms with van der Waals surface area (Å²) in [5.74, 6) is 2.29. The lowest BCUT2D eigenvalue weighted by molar-refractivity contribution is -0.121. The molecule has 1 amide bonds. The minimum absolute atomic E-state index is 0.142. The van der Waals surface area contributed by atoms with Crippen LogP contribution in [0.2, 0.25) is 0 Å². The maximum absolute atomic E-state index is 12.9. The Morgan fingerprint density at radius 1 is 1.24 bits per heavy atom. The second kappa shape index (κ2) is 5.59. The van der Waals surface area contributed by atoms with Crippen LogP contribution in [0, 0.1) is 29.1 Å². The number of carbonyl (C=O) groups excluding carboxylic acids is 1. The van der Waals surface area contributed by atoms with E-state index in [1.165, 1.54) is 25.7 Å². The van der Waals surface area contributed by atoms with Gasteiger partial charge in [-0.1, -0.05) is 6.42 Å². The number of hydrogen-bond donors (Lipinski definition) is 1. The van der Waals surface area contributed by atoms with Crippen LogP contribution >= 0.6 is 0 Å². The van der Waals surface area contributed by atoms with Crippen molar-refractivity contribution in [2.24, 2.45) is 17.8 Å². The average Bonchev–Trinajstić information content (AvgIpc) is 3.28. The van der Waals surface area contributed by atoms with Gasteiger partial charge in [0.1, 0.15) is 0 Å². The summed E-state index contributed by atoms with van der Waals surface area (Å²) in [5, 5.41) is 12.3. The molecule has 25 heavy (non-hydrogen) atoms. The van der Waals surface area contributed by atoms with Gasteiger partial charge in [0, 0.05) is 12.0 Å². The molecular weight excluding hydrogens is 312 g/mol. The van der Waals surface area contributed by atoms with Crippen LogP contribution in [0.4, 0.5) is 5.95 Å². The summed E-state index contributed by atoms with van der Waals surface area (Å²) in [6.45, 7) is 0. The van der Waals surface area contributed by atoms with Gasteiger partial charge in [0.25, 0.3) is 0 Å². The smallest absolute Gasteiger partial charge is 0.230 e. The largest absolute Gasteiger partial charge is 0.307 e. The molecule has 3 fully saturated rings. The summed E-state index contributed by atoms with van der Waals surface area (Å²) in [6.07, 6.45) is 8.20. The van der Waals surface area contributed by atoms with Crippen molar-refractivity contribution in [1.82, 2.24) is 9.55 Å². The topological polar surface area (TPSA) is 70.7 Å². The van der Waals surface area contributed by atoms with E-state index in [0.717, 1.165) is 36.2 Å². The molecular formula is C20H22N4O. The van der Waals surface area contributed by atoms with Crippen molar-refractivity contribution >= 4 is 22.9 Å². The Hall–Kier alpha value is -2.35. The number of fused-ring (bicyclic) bond motifs is 3. The van der Waals surface area contributed by atoms with Gasteiger partial charge in [0.05, 0.1) is 22.7 Å². The molecule has 0 aliphatic heterocycles. The van der Waals surface area contributed by atoms with E-state index in [4.69, 9.17) is 0 Å². The maximum atomic E-state index is 12.9. The average molecular weight is 334 g/mol. The minimum atomic E-state index is 0.142. The molecule has 1 aromatic carbocycles. The fraction of sp³-hybridized carbons (Fsp3) is 0.550. The Morgan fingerprint density at radius 2 is 2.12 bits per heavy atom. The van der Waals surface area contributed by atoms with E-state index in [0.29, 0.717) is 23.5 Å². The third-order valence-corrected chi connectivity index (χ3v) is 6.57. The van der Waals surface area contributed by atoms with Gasteiger partial charge >= 0.3 is 0 Å². The van der Waals surface area contributed by atoms with Gasteiger partial charge in [-0.2, -0.15) is 5.26 Å². The van der Waals surface area contributed by atoms with Crippen molar-refractivity contribution in [3.63, 3.8) is 0 Å². The molecule has 3 aliphatic rings. The number of hydrogen-bond acceptors (Lipinski definition) is 3. The van der Waals surface area contributed by atoms with Gasteiger partial charge in [-0.05, 0) is 68.6 Å². The molecule has 1 N–H and O–H groups in total. The number of benzene rings is 1. The third kappa shape index (κ3) is 2.35. The number of amides is 1. The zero-order chi connectivity index (χ0) is 17.0. The summed E-state index contributed by atoms with van der Waals surface area (Å²) < 4.78 is 2.16. The summed E-state index contributed by atoms with van der Waals surface area (Å²) >= 11 is 0. The SMILES string of the molecule is N#Cc1ccc2nc(NC(=O)[C@@H]3C[C@@H]4CC[C@H]3C4)n(C3CCC3)c2c1. The first-order valence-electron chi connectivity index (χ1n) is 9.46. The molecule has 3 aliphatic carbocycles. The molecule has 0 unspecified atom stereocenters. The first kappa shape index (κ1) is 14.9. The normalized spacial score (nSPS) is 28.0. The highest BCUT2D eigenvalue weighted by Gasteiger charge is 2.43. The van der Waals surface area contributed by atoms with Crippen LogP contribution in [0.25, 0.3) is 11.0 Å². The number of nitrogens with zero attached hydrogens (tertiary/aromatic N) is 3. The van der Waals surface area contributed by atoms with E-state index in [9.17, 15) is 10.1 Å². The molecule has 2 aromatic rings. The Kier molecular flexibility index (Phi) is 3.34. The maximum Gasteiger partial charge on any atom is 0.230 e. The Labute approximate surface area is 147 Å². The van der Waals surface area contributed by atoms with Crippen LogP contribution in [0.5, 0.6) is 0 Å². The van der Waals surface area contributed by atoms with Gasteiger partial charge in [0.2, 0.25) is 11.9 Å². The van der Waals surface area contributed by atoms with Gasteiger partial charge in [-0.3, -0.25) is 10.1 Å². The molecule has 1 aromatic heterocycles. The number of rotatable bonds is 3. The van der Waals surface area contributed by atoms with Gasteiger partial charge in [-0.15, -0.1) is 0 Å². The number of nitriles is 1. The zero-order valence-corrected chi connectivity index (χ0v) is 14.2. The standard InChI is InChI=1S/C20H22N4O/c21-11-13-5-7-17-18(10-13)24(15-2-1-3-15)20(22-17)23-19(25)16-9-12-4-6-14(16)8-12/h5,7,10,12,14-16H,1-4,6,8-9H2,(H,22,23,25)/t12-,14+,16-/m1/s1. The molecule has 3 atom stereocenters. The first-order valence-corrected chi connectivity index (χ1v) is 9.46. The molecule has 5 nitrogen and oxygen atoms in total. The monoisotopic (exact) mass is 334 g/mol. The molecule has 0 radical (unpaired) electrons. The summed E-state index contributed by atoms with van der Waals surface area (Å²) in [6, 6.07) is 8.16. The highest BCUT2D eigenvalue weighted by molar-refractivity contribution is 5.93. The molecule has 2 bridgehead atoms. The van der Waals surface area contributed by atoms with Gasteiger partial charge in [-0.25, -0.2) is 4.98 Å². The quantitative estimate of drug-likeness (QED) is 0.922. The highest BCUT2D eigenvalue weighted by Crippen LogP contribution is 2.48. The van der Waals surface area contributed by atoms with Crippen molar-refractivity contribution in [3.8, 4) is 6.07 Å². The second-order valence-electron chi connectivity index (χ2n) is 7.98. The number of imidazole rings is 1. The number of nitrogens with one attached hydrogen (secondary N) is 1. The summed E-state index contributed by atoms with van der Waals surface area (Å²) in [7, 11) is 0. The van der Waals surface area contributed by atoms with E-state index >= 15 is 0 Å². The molecule has 3 saturated carbocycles. The molecule has 128 valence electrons. The highest BCUT2D eigenvalue weighted by atomic mass is 16.2. The van der Waals surface area contributed by atoms with Crippen LogP contribution in [-0.2, 0) is 4.79 Å². The van der Waals surface area contributed by atoms with Crippen molar-refractivity contribution in [3.05, 3.63) is 23.8 Å². The Balaban J connectivity index is 1.49. The Bertz CT molecular complexity index is 889. The molecule has 0 saturated heterocycles. The summed E-state index contributed by atoms with van der Waals surface area (Å²) in [5.41, 5.74) is 2.46.